The number of halogens is 1. The number of fused-ring (bicyclic) bond motifs is 1. The smallest absolute Gasteiger partial charge is 0.172 e. The molecule has 2 N–H and O–H groups in total. The van der Waals surface area contributed by atoms with Gasteiger partial charge in [-0.15, -0.1) is 0 Å². The summed E-state index contributed by atoms with van der Waals surface area (Å²) in [6.07, 6.45) is 4.51. The molecule has 1 aromatic rings. The summed E-state index contributed by atoms with van der Waals surface area (Å²) in [5, 5.41) is 0.499. The molecule has 0 saturated carbocycles. The van der Waals surface area contributed by atoms with Gasteiger partial charge in [-0.2, -0.15) is 0 Å². The van der Waals surface area contributed by atoms with Crippen LogP contribution in [0, 0.1) is 0 Å². The van der Waals surface area contributed by atoms with Gasteiger partial charge >= 0.3 is 0 Å². The first-order valence-corrected chi connectivity index (χ1v) is 6.18. The van der Waals surface area contributed by atoms with Crippen molar-refractivity contribution in [2.45, 2.75) is 6.42 Å². The highest BCUT2D eigenvalue weighted by molar-refractivity contribution is 6.32. The number of methoxy groups -OCH3 is 1. The van der Waals surface area contributed by atoms with Gasteiger partial charge < -0.3 is 19.9 Å². The second-order valence-electron chi connectivity index (χ2n) is 3.82. The molecule has 0 aliphatic carbocycles. The Morgan fingerprint density at radius 2 is 2.22 bits per heavy atom. The van der Waals surface area contributed by atoms with Crippen LogP contribution >= 0.6 is 11.6 Å². The van der Waals surface area contributed by atoms with Gasteiger partial charge in [0.05, 0.1) is 30.9 Å². The van der Waals surface area contributed by atoms with E-state index >= 15 is 0 Å². The molecular weight excluding hydrogens is 254 g/mol. The molecule has 4 nitrogen and oxygen atoms in total. The van der Waals surface area contributed by atoms with E-state index in [1.165, 1.54) is 0 Å². The van der Waals surface area contributed by atoms with Crippen LogP contribution in [0.25, 0.3) is 6.08 Å². The number of hydrogen-bond donors (Lipinski definition) is 1. The monoisotopic (exact) mass is 269 g/mol. The molecule has 5 heteroatoms. The normalized spacial score (nSPS) is 14.6. The summed E-state index contributed by atoms with van der Waals surface area (Å²) in [6.45, 7) is 1.67. The van der Waals surface area contributed by atoms with E-state index in [0.29, 0.717) is 42.0 Å². The van der Waals surface area contributed by atoms with Crippen LogP contribution in [0.4, 0.5) is 0 Å². The third-order valence-electron chi connectivity index (χ3n) is 2.61. The van der Waals surface area contributed by atoms with Gasteiger partial charge in [-0.3, -0.25) is 0 Å². The molecule has 1 aliphatic rings. The van der Waals surface area contributed by atoms with Crippen molar-refractivity contribution in [3.05, 3.63) is 22.7 Å². The highest BCUT2D eigenvalue weighted by Gasteiger charge is 2.20. The van der Waals surface area contributed by atoms with Crippen LogP contribution in [-0.2, 0) is 0 Å². The third kappa shape index (κ3) is 2.54. The molecular formula is C13H16ClNO3. The Kier molecular flexibility index (Phi) is 4.33. The molecule has 0 aromatic heterocycles. The second kappa shape index (κ2) is 5.98. The van der Waals surface area contributed by atoms with Crippen LogP contribution in [0.2, 0.25) is 5.02 Å². The molecule has 98 valence electrons. The first-order valence-electron chi connectivity index (χ1n) is 5.80. The zero-order valence-corrected chi connectivity index (χ0v) is 11.0. The van der Waals surface area contributed by atoms with Crippen LogP contribution in [0.3, 0.4) is 0 Å². The van der Waals surface area contributed by atoms with E-state index in [9.17, 15) is 0 Å². The van der Waals surface area contributed by atoms with Gasteiger partial charge in [0, 0.05) is 19.0 Å². The van der Waals surface area contributed by atoms with Crippen LogP contribution in [-0.4, -0.2) is 26.9 Å². The molecule has 0 spiro atoms. The average molecular weight is 270 g/mol. The Balaban J connectivity index is 2.56. The van der Waals surface area contributed by atoms with Crippen molar-refractivity contribution in [2.75, 3.05) is 26.9 Å². The first-order chi connectivity index (χ1) is 8.77. The lowest BCUT2D eigenvalue weighted by Crippen LogP contribution is -1.99. The van der Waals surface area contributed by atoms with Crippen LogP contribution in [0.15, 0.2) is 12.1 Å². The quantitative estimate of drug-likeness (QED) is 0.916. The van der Waals surface area contributed by atoms with Crippen molar-refractivity contribution in [3.63, 3.8) is 0 Å². The van der Waals surface area contributed by atoms with E-state index in [1.807, 2.05) is 12.2 Å². The lowest BCUT2D eigenvalue weighted by Gasteiger charge is -2.15. The largest absolute Gasteiger partial charge is 0.494 e. The summed E-state index contributed by atoms with van der Waals surface area (Å²) in [5.41, 5.74) is 6.25. The molecule has 18 heavy (non-hydrogen) atoms. The topological polar surface area (TPSA) is 53.7 Å². The van der Waals surface area contributed by atoms with E-state index in [4.69, 9.17) is 31.5 Å². The Labute approximate surface area is 111 Å². The fourth-order valence-corrected chi connectivity index (χ4v) is 2.10. The average Bonchev–Trinajstić information content (AvgIpc) is 2.60. The van der Waals surface area contributed by atoms with E-state index < -0.39 is 0 Å². The number of hydrogen-bond acceptors (Lipinski definition) is 4. The number of nitrogens with two attached hydrogens (primary N) is 1. The number of benzene rings is 1. The zero-order valence-electron chi connectivity index (χ0n) is 10.2. The van der Waals surface area contributed by atoms with Gasteiger partial charge in [0.1, 0.15) is 5.75 Å². The first kappa shape index (κ1) is 13.1. The highest BCUT2D eigenvalue weighted by atomic mass is 35.5. The van der Waals surface area contributed by atoms with Crippen molar-refractivity contribution in [3.8, 4) is 17.2 Å². The number of ether oxygens (including phenoxy) is 3. The van der Waals surface area contributed by atoms with Crippen molar-refractivity contribution in [1.29, 1.82) is 0 Å². The highest BCUT2D eigenvalue weighted by Crippen LogP contribution is 2.44. The summed E-state index contributed by atoms with van der Waals surface area (Å²) < 4.78 is 16.7. The SMILES string of the molecule is COc1c(Cl)cc2c(c1/C=C/CN)OCCCO2. The van der Waals surface area contributed by atoms with Gasteiger partial charge in [-0.05, 0) is 0 Å². The molecule has 0 radical (unpaired) electrons. The predicted molar refractivity (Wildman–Crippen MR) is 71.7 cm³/mol. The minimum absolute atomic E-state index is 0.436. The standard InChI is InChI=1S/C13H16ClNO3/c1-16-12-9(4-2-5-15)13-11(8-10(12)14)17-6-3-7-18-13/h2,4,8H,3,5-7,15H2,1H3/b4-2+. The van der Waals surface area contributed by atoms with Crippen molar-refractivity contribution >= 4 is 17.7 Å². The maximum absolute atomic E-state index is 6.17. The molecule has 0 unspecified atom stereocenters. The van der Waals surface area contributed by atoms with Crippen LogP contribution in [0.5, 0.6) is 17.2 Å². The maximum atomic E-state index is 6.17. The van der Waals surface area contributed by atoms with E-state index in [-0.39, 0.29) is 0 Å². The van der Waals surface area contributed by atoms with E-state index in [2.05, 4.69) is 0 Å². The predicted octanol–water partition coefficient (Wildman–Crippen LogP) is 2.48. The Hall–Kier alpha value is -1.39. The van der Waals surface area contributed by atoms with Gasteiger partial charge in [0.15, 0.2) is 11.5 Å². The van der Waals surface area contributed by atoms with Crippen molar-refractivity contribution < 1.29 is 14.2 Å². The molecule has 0 saturated heterocycles. The minimum atomic E-state index is 0.436. The minimum Gasteiger partial charge on any atom is -0.494 e. The maximum Gasteiger partial charge on any atom is 0.172 e. The van der Waals surface area contributed by atoms with E-state index in [0.717, 1.165) is 12.0 Å². The summed E-state index contributed by atoms with van der Waals surface area (Å²) in [5.74, 6) is 1.89. The van der Waals surface area contributed by atoms with Crippen molar-refractivity contribution in [2.24, 2.45) is 5.73 Å². The second-order valence-corrected chi connectivity index (χ2v) is 4.23. The third-order valence-corrected chi connectivity index (χ3v) is 2.89. The molecule has 1 aromatic carbocycles. The van der Waals surface area contributed by atoms with Gasteiger partial charge in [-0.1, -0.05) is 23.8 Å². The van der Waals surface area contributed by atoms with Crippen molar-refractivity contribution in [1.82, 2.24) is 0 Å². The number of rotatable bonds is 3. The molecule has 2 rings (SSSR count). The van der Waals surface area contributed by atoms with Gasteiger partial charge in [0.2, 0.25) is 0 Å². The summed E-state index contributed by atoms with van der Waals surface area (Å²) >= 11 is 6.17. The van der Waals surface area contributed by atoms with Crippen LogP contribution in [0.1, 0.15) is 12.0 Å². The Morgan fingerprint density at radius 3 is 2.94 bits per heavy atom. The molecule has 0 fully saturated rings. The Bertz CT molecular complexity index is 460. The fourth-order valence-electron chi connectivity index (χ4n) is 1.83. The van der Waals surface area contributed by atoms with Crippen LogP contribution < -0.4 is 19.9 Å². The van der Waals surface area contributed by atoms with Gasteiger partial charge in [-0.25, -0.2) is 0 Å². The molecule has 1 heterocycles. The summed E-state index contributed by atoms with van der Waals surface area (Å²) in [4.78, 5) is 0. The van der Waals surface area contributed by atoms with Gasteiger partial charge in [0.25, 0.3) is 0 Å². The molecule has 0 atom stereocenters. The lowest BCUT2D eigenvalue weighted by atomic mass is 10.1. The molecule has 0 bridgehead atoms. The summed E-state index contributed by atoms with van der Waals surface area (Å²) in [7, 11) is 1.57. The molecule has 1 aliphatic heterocycles. The van der Waals surface area contributed by atoms with E-state index in [1.54, 1.807) is 13.2 Å². The molecule has 0 amide bonds. The fraction of sp³-hybridized carbons (Fsp3) is 0.385. The summed E-state index contributed by atoms with van der Waals surface area (Å²) in [6, 6.07) is 1.72. The zero-order chi connectivity index (χ0) is 13.0. The lowest BCUT2D eigenvalue weighted by molar-refractivity contribution is 0.296. The Morgan fingerprint density at radius 1 is 1.44 bits per heavy atom.